The van der Waals surface area contributed by atoms with Gasteiger partial charge in [-0.05, 0) is 0 Å². The van der Waals surface area contributed by atoms with Crippen molar-refractivity contribution in [1.29, 1.82) is 0 Å². The normalized spacial score (nSPS) is 33.4. The zero-order chi connectivity index (χ0) is 5.82. The summed E-state index contributed by atoms with van der Waals surface area (Å²) in [5.74, 6) is -0.0660. The van der Waals surface area contributed by atoms with Crippen molar-refractivity contribution in [2.24, 2.45) is 0 Å². The zero-order valence-electron chi connectivity index (χ0n) is 4.26. The van der Waals surface area contributed by atoms with Crippen LogP contribution < -0.4 is 5.25 Å². The van der Waals surface area contributed by atoms with Gasteiger partial charge < -0.3 is 0 Å². The van der Waals surface area contributed by atoms with Crippen molar-refractivity contribution < 1.29 is 15.0 Å². The van der Waals surface area contributed by atoms with Crippen LogP contribution in [0.4, 0.5) is 0 Å². The molecule has 1 rings (SSSR count). The predicted octanol–water partition coefficient (Wildman–Crippen LogP) is 0.321. The van der Waals surface area contributed by atoms with Crippen LogP contribution in [-0.4, -0.2) is 17.7 Å². The summed E-state index contributed by atoms with van der Waals surface area (Å²) in [5, 5.41) is 10.7. The van der Waals surface area contributed by atoms with E-state index in [-0.39, 0.29) is 5.85 Å². The molecular weight excluding hydrogens is 129 g/mol. The van der Waals surface area contributed by atoms with Gasteiger partial charge in [-0.1, -0.05) is 0 Å². The summed E-state index contributed by atoms with van der Waals surface area (Å²) in [6, 6.07) is 0. The Bertz CT molecular complexity index is 65.5. The van der Waals surface area contributed by atoms with Crippen LogP contribution in [0.2, 0.25) is 0 Å². The lowest BCUT2D eigenvalue weighted by Gasteiger charge is -2.18. The molecule has 0 aromatic heterocycles. The van der Waals surface area contributed by atoms with Gasteiger partial charge in [-0.2, -0.15) is 5.25 Å². The Morgan fingerprint density at radius 3 is 3.12 bits per heavy atom. The highest BCUT2D eigenvalue weighted by Crippen LogP contribution is 2.21. The van der Waals surface area contributed by atoms with Gasteiger partial charge in [-0.25, -0.2) is 4.89 Å². The highest BCUT2D eigenvalue weighted by Gasteiger charge is 2.12. The molecule has 0 amide bonds. The third-order valence-electron chi connectivity index (χ3n) is 0.901. The molecule has 4 nitrogen and oxygen atoms in total. The lowest BCUT2D eigenvalue weighted by Crippen LogP contribution is -2.21. The molecule has 0 bridgehead atoms. The van der Waals surface area contributed by atoms with Crippen molar-refractivity contribution in [1.82, 2.24) is 5.25 Å². The molecule has 1 fully saturated rings. The predicted molar refractivity (Wildman–Crippen MR) is 29.5 cm³/mol. The molecule has 0 aliphatic carbocycles. The minimum atomic E-state index is -0.0660. The van der Waals surface area contributed by atoms with Gasteiger partial charge >= 0.3 is 0 Å². The van der Waals surface area contributed by atoms with Crippen LogP contribution in [0.1, 0.15) is 6.42 Å². The molecule has 2 unspecified atom stereocenters. The standard InChI is InChI=1S/C3H8NO3P/c5-7-3-1-2-6-4-8-3/h3-5,8H,1-2H2. The second-order valence-corrected chi connectivity index (χ2v) is 2.61. The summed E-state index contributed by atoms with van der Waals surface area (Å²) < 4.78 is 0. The Labute approximate surface area is 48.9 Å². The van der Waals surface area contributed by atoms with Crippen LogP contribution >= 0.6 is 8.73 Å². The fourth-order valence-electron chi connectivity index (χ4n) is 0.476. The first-order valence-corrected chi connectivity index (χ1v) is 3.44. The summed E-state index contributed by atoms with van der Waals surface area (Å²) in [6.45, 7) is 0.609. The number of rotatable bonds is 1. The molecular formula is C3H8NO3P. The molecule has 2 N–H and O–H groups in total. The van der Waals surface area contributed by atoms with Crippen LogP contribution in [0.15, 0.2) is 0 Å². The first-order valence-electron chi connectivity index (χ1n) is 2.36. The average molecular weight is 137 g/mol. The quantitative estimate of drug-likeness (QED) is 0.310. The Morgan fingerprint density at radius 2 is 2.75 bits per heavy atom. The Kier molecular flexibility index (Phi) is 2.66. The maximum atomic E-state index is 8.10. The highest BCUT2D eigenvalue weighted by molar-refractivity contribution is 7.36. The van der Waals surface area contributed by atoms with E-state index in [0.29, 0.717) is 15.3 Å². The van der Waals surface area contributed by atoms with Crippen molar-refractivity contribution in [2.75, 3.05) is 6.61 Å². The van der Waals surface area contributed by atoms with Gasteiger partial charge in [-0.3, -0.25) is 10.1 Å². The van der Waals surface area contributed by atoms with Gasteiger partial charge in [0, 0.05) is 15.2 Å². The summed E-state index contributed by atoms with van der Waals surface area (Å²) in [4.78, 5) is 8.83. The fraction of sp³-hybridized carbons (Fsp3) is 1.00. The first-order chi connectivity index (χ1) is 3.93. The largest absolute Gasteiger partial charge is 0.298 e. The van der Waals surface area contributed by atoms with Gasteiger partial charge in [0.25, 0.3) is 0 Å². The van der Waals surface area contributed by atoms with Gasteiger partial charge in [0.15, 0.2) is 0 Å². The highest BCUT2D eigenvalue weighted by atomic mass is 31.1. The van der Waals surface area contributed by atoms with Gasteiger partial charge in [0.05, 0.1) is 6.61 Å². The van der Waals surface area contributed by atoms with E-state index >= 15 is 0 Å². The molecule has 0 aromatic rings. The summed E-state index contributed by atoms with van der Waals surface area (Å²) in [7, 11) is 0.348. The Balaban J connectivity index is 2.13. The lowest BCUT2D eigenvalue weighted by molar-refractivity contribution is -0.260. The second kappa shape index (κ2) is 3.33. The van der Waals surface area contributed by atoms with Crippen molar-refractivity contribution in [3.05, 3.63) is 0 Å². The second-order valence-electron chi connectivity index (χ2n) is 1.48. The summed E-state index contributed by atoms with van der Waals surface area (Å²) in [5.41, 5.74) is 0. The van der Waals surface area contributed by atoms with E-state index in [9.17, 15) is 0 Å². The van der Waals surface area contributed by atoms with Crippen LogP contribution in [0.3, 0.4) is 0 Å². The minimum absolute atomic E-state index is 0.0660. The topological polar surface area (TPSA) is 50.7 Å². The van der Waals surface area contributed by atoms with Crippen molar-refractivity contribution in [2.45, 2.75) is 12.3 Å². The Morgan fingerprint density at radius 1 is 1.88 bits per heavy atom. The van der Waals surface area contributed by atoms with Crippen LogP contribution in [0.5, 0.6) is 0 Å². The molecule has 0 spiro atoms. The van der Waals surface area contributed by atoms with E-state index in [2.05, 4.69) is 10.1 Å². The molecule has 1 aliphatic heterocycles. The van der Waals surface area contributed by atoms with E-state index in [4.69, 9.17) is 10.1 Å². The molecule has 48 valence electrons. The lowest BCUT2D eigenvalue weighted by atomic mass is 10.5. The van der Waals surface area contributed by atoms with E-state index in [1.165, 1.54) is 0 Å². The Hall–Kier alpha value is 0.270. The van der Waals surface area contributed by atoms with Crippen LogP contribution in [0.25, 0.3) is 0 Å². The molecule has 0 aromatic carbocycles. The van der Waals surface area contributed by atoms with E-state index < -0.39 is 0 Å². The molecule has 8 heavy (non-hydrogen) atoms. The number of hydrogen-bond donors (Lipinski definition) is 2. The third kappa shape index (κ3) is 1.65. The SMILES string of the molecule is OOC1CCONP1. The average Bonchev–Trinajstić information content (AvgIpc) is 1.90. The minimum Gasteiger partial charge on any atom is -0.298 e. The van der Waals surface area contributed by atoms with Crippen LogP contribution in [-0.2, 0) is 9.73 Å². The maximum Gasteiger partial charge on any atom is 0.127 e. The number of hydrogen-bond acceptors (Lipinski definition) is 4. The summed E-state index contributed by atoms with van der Waals surface area (Å²) >= 11 is 0. The van der Waals surface area contributed by atoms with Crippen molar-refractivity contribution in [3.8, 4) is 0 Å². The van der Waals surface area contributed by atoms with Crippen LogP contribution in [0, 0.1) is 0 Å². The van der Waals surface area contributed by atoms with Crippen molar-refractivity contribution in [3.63, 3.8) is 0 Å². The zero-order valence-corrected chi connectivity index (χ0v) is 5.26. The smallest absolute Gasteiger partial charge is 0.127 e. The van der Waals surface area contributed by atoms with E-state index in [1.807, 2.05) is 0 Å². The molecule has 1 aliphatic rings. The van der Waals surface area contributed by atoms with Gasteiger partial charge in [-0.15, -0.1) is 0 Å². The summed E-state index contributed by atoms with van der Waals surface area (Å²) in [6.07, 6.45) is 0.766. The first kappa shape index (κ1) is 6.39. The van der Waals surface area contributed by atoms with Crippen molar-refractivity contribution >= 4 is 8.73 Å². The van der Waals surface area contributed by atoms with E-state index in [1.54, 1.807) is 0 Å². The number of nitrogens with one attached hydrogen (secondary N) is 1. The molecule has 2 atom stereocenters. The third-order valence-corrected chi connectivity index (χ3v) is 1.88. The van der Waals surface area contributed by atoms with Gasteiger partial charge in [0.2, 0.25) is 0 Å². The van der Waals surface area contributed by atoms with E-state index in [0.717, 1.165) is 6.42 Å². The molecule has 5 heteroatoms. The molecule has 0 radical (unpaired) electrons. The molecule has 1 saturated heterocycles. The monoisotopic (exact) mass is 137 g/mol. The fourth-order valence-corrected chi connectivity index (χ4v) is 1.11. The molecule has 1 heterocycles. The van der Waals surface area contributed by atoms with Gasteiger partial charge in [0.1, 0.15) is 5.85 Å². The molecule has 0 saturated carbocycles. The maximum absolute atomic E-state index is 8.10.